The Kier molecular flexibility index (Phi) is 3.17. The summed E-state index contributed by atoms with van der Waals surface area (Å²) < 4.78 is 26.5. The van der Waals surface area contributed by atoms with Gasteiger partial charge in [0.15, 0.2) is 0 Å². The smallest absolute Gasteiger partial charge is 0.248 e. The summed E-state index contributed by atoms with van der Waals surface area (Å²) in [7, 11) is 0. The molecule has 1 heterocycles. The normalized spacial score (nSPS) is 22.4. The first-order valence-corrected chi connectivity index (χ1v) is 5.98. The van der Waals surface area contributed by atoms with Crippen molar-refractivity contribution >= 4 is 0 Å². The molecular formula is C13H18F2N2. The standard InChI is InChI=1S/C13H18F2N2/c1-10-8-17-7-2-11(10)12(9-16)3-5-13(14,15)6-4-12/h2,7-8H,3-6,9,16H2,1H3. The van der Waals surface area contributed by atoms with Crippen LogP contribution in [0.2, 0.25) is 0 Å². The average molecular weight is 240 g/mol. The van der Waals surface area contributed by atoms with Gasteiger partial charge < -0.3 is 5.73 Å². The van der Waals surface area contributed by atoms with Crippen molar-refractivity contribution in [1.82, 2.24) is 4.98 Å². The Labute approximate surface area is 100 Å². The topological polar surface area (TPSA) is 38.9 Å². The highest BCUT2D eigenvalue weighted by atomic mass is 19.3. The minimum absolute atomic E-state index is 0.0635. The van der Waals surface area contributed by atoms with E-state index in [0.29, 0.717) is 19.4 Å². The predicted octanol–water partition coefficient (Wildman–Crippen LogP) is 2.80. The SMILES string of the molecule is Cc1cnccc1C1(CN)CCC(F)(F)CC1. The van der Waals surface area contributed by atoms with E-state index in [1.54, 1.807) is 12.4 Å². The molecule has 0 amide bonds. The maximum Gasteiger partial charge on any atom is 0.248 e. The first kappa shape index (κ1) is 12.4. The van der Waals surface area contributed by atoms with Crippen molar-refractivity contribution in [2.75, 3.05) is 6.54 Å². The molecule has 1 aromatic rings. The molecule has 0 unspecified atom stereocenters. The van der Waals surface area contributed by atoms with E-state index in [-0.39, 0.29) is 18.3 Å². The number of nitrogens with two attached hydrogens (primary N) is 1. The highest BCUT2D eigenvalue weighted by Crippen LogP contribution is 2.45. The van der Waals surface area contributed by atoms with Crippen LogP contribution >= 0.6 is 0 Å². The zero-order valence-corrected chi connectivity index (χ0v) is 10.0. The van der Waals surface area contributed by atoms with Crippen LogP contribution in [0.3, 0.4) is 0 Å². The molecule has 0 aliphatic heterocycles. The Balaban J connectivity index is 2.31. The quantitative estimate of drug-likeness (QED) is 0.863. The van der Waals surface area contributed by atoms with E-state index in [0.717, 1.165) is 11.1 Å². The van der Waals surface area contributed by atoms with Gasteiger partial charge in [-0.1, -0.05) is 0 Å². The van der Waals surface area contributed by atoms with Crippen LogP contribution in [0.25, 0.3) is 0 Å². The zero-order chi connectivity index (χ0) is 12.5. The molecule has 2 nitrogen and oxygen atoms in total. The first-order valence-electron chi connectivity index (χ1n) is 5.98. The van der Waals surface area contributed by atoms with Gasteiger partial charge in [-0.15, -0.1) is 0 Å². The van der Waals surface area contributed by atoms with E-state index in [2.05, 4.69) is 4.98 Å². The molecule has 17 heavy (non-hydrogen) atoms. The van der Waals surface area contributed by atoms with Gasteiger partial charge in [0.25, 0.3) is 0 Å². The number of aromatic nitrogens is 1. The van der Waals surface area contributed by atoms with Crippen molar-refractivity contribution in [2.24, 2.45) is 5.73 Å². The zero-order valence-electron chi connectivity index (χ0n) is 10.0. The van der Waals surface area contributed by atoms with Gasteiger partial charge in [0.2, 0.25) is 5.92 Å². The molecule has 0 saturated heterocycles. The first-order chi connectivity index (χ1) is 7.99. The summed E-state index contributed by atoms with van der Waals surface area (Å²) in [5, 5.41) is 0. The van der Waals surface area contributed by atoms with E-state index in [9.17, 15) is 8.78 Å². The molecule has 1 aliphatic rings. The fraction of sp³-hybridized carbons (Fsp3) is 0.615. The molecule has 2 N–H and O–H groups in total. The maximum absolute atomic E-state index is 13.2. The number of halogens is 2. The van der Waals surface area contributed by atoms with E-state index >= 15 is 0 Å². The Morgan fingerprint density at radius 3 is 2.47 bits per heavy atom. The summed E-state index contributed by atoms with van der Waals surface area (Å²) in [6.45, 7) is 2.39. The van der Waals surface area contributed by atoms with Crippen molar-refractivity contribution in [3.8, 4) is 0 Å². The molecule has 1 aliphatic carbocycles. The molecule has 0 aromatic carbocycles. The summed E-state index contributed by atoms with van der Waals surface area (Å²) in [6, 6.07) is 1.92. The van der Waals surface area contributed by atoms with Crippen molar-refractivity contribution < 1.29 is 8.78 Å². The van der Waals surface area contributed by atoms with Gasteiger partial charge in [-0.05, 0) is 37.0 Å². The van der Waals surface area contributed by atoms with Crippen LogP contribution in [0.4, 0.5) is 8.78 Å². The van der Waals surface area contributed by atoms with Crippen molar-refractivity contribution in [3.63, 3.8) is 0 Å². The number of rotatable bonds is 2. The lowest BCUT2D eigenvalue weighted by atomic mass is 9.67. The van der Waals surface area contributed by atoms with Gasteiger partial charge in [0.05, 0.1) is 0 Å². The minimum atomic E-state index is -2.51. The van der Waals surface area contributed by atoms with Gasteiger partial charge in [0.1, 0.15) is 0 Å². The lowest BCUT2D eigenvalue weighted by Crippen LogP contribution is -2.42. The van der Waals surface area contributed by atoms with Gasteiger partial charge >= 0.3 is 0 Å². The molecular weight excluding hydrogens is 222 g/mol. The third-order valence-corrected chi connectivity index (χ3v) is 3.92. The summed E-state index contributed by atoms with van der Waals surface area (Å²) >= 11 is 0. The van der Waals surface area contributed by atoms with Crippen LogP contribution in [0.15, 0.2) is 18.5 Å². The monoisotopic (exact) mass is 240 g/mol. The Hall–Kier alpha value is -1.03. The highest BCUT2D eigenvalue weighted by molar-refractivity contribution is 5.32. The van der Waals surface area contributed by atoms with Crippen molar-refractivity contribution in [2.45, 2.75) is 43.9 Å². The molecule has 4 heteroatoms. The van der Waals surface area contributed by atoms with Crippen LogP contribution in [-0.2, 0) is 5.41 Å². The van der Waals surface area contributed by atoms with Crippen LogP contribution in [0, 0.1) is 6.92 Å². The van der Waals surface area contributed by atoms with Gasteiger partial charge in [-0.25, -0.2) is 8.78 Å². The van der Waals surface area contributed by atoms with Crippen LogP contribution in [0.5, 0.6) is 0 Å². The Morgan fingerprint density at radius 2 is 1.94 bits per heavy atom. The highest BCUT2D eigenvalue weighted by Gasteiger charge is 2.43. The molecule has 2 rings (SSSR count). The van der Waals surface area contributed by atoms with E-state index < -0.39 is 5.92 Å². The molecule has 94 valence electrons. The largest absolute Gasteiger partial charge is 0.330 e. The fourth-order valence-electron chi connectivity index (χ4n) is 2.75. The minimum Gasteiger partial charge on any atom is -0.330 e. The Bertz CT molecular complexity index is 394. The summed E-state index contributed by atoms with van der Waals surface area (Å²) in [5.74, 6) is -2.51. The summed E-state index contributed by atoms with van der Waals surface area (Å²) in [5.41, 5.74) is 7.71. The van der Waals surface area contributed by atoms with Crippen molar-refractivity contribution in [1.29, 1.82) is 0 Å². The van der Waals surface area contributed by atoms with Crippen LogP contribution < -0.4 is 5.73 Å². The maximum atomic E-state index is 13.2. The number of nitrogens with zero attached hydrogens (tertiary/aromatic N) is 1. The predicted molar refractivity (Wildman–Crippen MR) is 63.1 cm³/mol. The lowest BCUT2D eigenvalue weighted by molar-refractivity contribution is -0.0510. The number of pyridine rings is 1. The molecule has 0 bridgehead atoms. The van der Waals surface area contributed by atoms with E-state index in [1.165, 1.54) is 0 Å². The number of hydrogen-bond acceptors (Lipinski definition) is 2. The Morgan fingerprint density at radius 1 is 1.29 bits per heavy atom. The van der Waals surface area contributed by atoms with Gasteiger partial charge in [-0.2, -0.15) is 0 Å². The molecule has 1 saturated carbocycles. The second-order valence-corrected chi connectivity index (χ2v) is 5.03. The van der Waals surface area contributed by atoms with Crippen molar-refractivity contribution in [3.05, 3.63) is 29.6 Å². The summed E-state index contributed by atoms with van der Waals surface area (Å²) in [6.07, 6.45) is 4.28. The molecule has 0 spiro atoms. The third kappa shape index (κ3) is 2.32. The van der Waals surface area contributed by atoms with Gasteiger partial charge in [0, 0.05) is 37.2 Å². The number of aryl methyl sites for hydroxylation is 1. The number of alkyl halides is 2. The summed E-state index contributed by atoms with van der Waals surface area (Å²) in [4.78, 5) is 4.04. The molecule has 1 fully saturated rings. The fourth-order valence-corrected chi connectivity index (χ4v) is 2.75. The van der Waals surface area contributed by atoms with Gasteiger partial charge in [-0.3, -0.25) is 4.98 Å². The van der Waals surface area contributed by atoms with Crippen LogP contribution in [-0.4, -0.2) is 17.5 Å². The number of hydrogen-bond donors (Lipinski definition) is 1. The van der Waals surface area contributed by atoms with E-state index in [1.807, 2.05) is 13.0 Å². The molecule has 1 aromatic heterocycles. The second-order valence-electron chi connectivity index (χ2n) is 5.03. The lowest BCUT2D eigenvalue weighted by Gasteiger charge is -2.40. The van der Waals surface area contributed by atoms with Crippen LogP contribution in [0.1, 0.15) is 36.8 Å². The molecule has 0 radical (unpaired) electrons. The molecule has 0 atom stereocenters. The third-order valence-electron chi connectivity index (χ3n) is 3.92. The second kappa shape index (κ2) is 4.33. The van der Waals surface area contributed by atoms with E-state index in [4.69, 9.17) is 5.73 Å². The average Bonchev–Trinajstić information content (AvgIpc) is 2.31.